The van der Waals surface area contributed by atoms with Crippen LogP contribution in [0, 0.1) is 0 Å². The first-order chi connectivity index (χ1) is 5.73. The van der Waals surface area contributed by atoms with Gasteiger partial charge in [-0.15, -0.1) is 0 Å². The minimum absolute atomic E-state index is 0.173. The van der Waals surface area contributed by atoms with Crippen LogP contribution in [0.2, 0.25) is 0 Å². The van der Waals surface area contributed by atoms with Crippen LogP contribution >= 0.6 is 0 Å². The summed E-state index contributed by atoms with van der Waals surface area (Å²) in [5.41, 5.74) is 5.70. The minimum Gasteiger partial charge on any atom is -0.345 e. The zero-order valence-corrected chi connectivity index (χ0v) is 6.96. The Kier molecular flexibility index (Phi) is 2.78. The number of methoxy groups -OCH3 is 1. The maximum Gasteiger partial charge on any atom is 0.247 e. The van der Waals surface area contributed by atoms with E-state index in [2.05, 4.69) is 4.74 Å². The molecule has 0 aromatic heterocycles. The van der Waals surface area contributed by atoms with E-state index in [9.17, 15) is 4.39 Å². The molecule has 0 saturated heterocycles. The molecule has 0 saturated carbocycles. The molecular weight excluding hydrogens is 157 g/mol. The second kappa shape index (κ2) is 3.65. The van der Waals surface area contributed by atoms with E-state index in [-0.39, 0.29) is 6.54 Å². The lowest BCUT2D eigenvalue weighted by Crippen LogP contribution is -2.32. The number of benzene rings is 1. The predicted octanol–water partition coefficient (Wildman–Crippen LogP) is 1.41. The summed E-state index contributed by atoms with van der Waals surface area (Å²) in [5.74, 6) is -1.85. The van der Waals surface area contributed by atoms with E-state index in [1.807, 2.05) is 6.07 Å². The number of rotatable bonds is 3. The molecule has 0 fully saturated rings. The molecule has 0 amide bonds. The van der Waals surface area contributed by atoms with E-state index in [1.54, 1.807) is 24.3 Å². The van der Waals surface area contributed by atoms with Gasteiger partial charge in [-0.2, -0.15) is 0 Å². The summed E-state index contributed by atoms with van der Waals surface area (Å²) in [6.45, 7) is -0.173. The van der Waals surface area contributed by atoms with Crippen LogP contribution in [-0.4, -0.2) is 13.7 Å². The smallest absolute Gasteiger partial charge is 0.247 e. The van der Waals surface area contributed by atoms with Gasteiger partial charge in [-0.1, -0.05) is 30.3 Å². The highest BCUT2D eigenvalue weighted by Crippen LogP contribution is 2.24. The summed E-state index contributed by atoms with van der Waals surface area (Å²) >= 11 is 0. The number of halogens is 1. The molecule has 0 spiro atoms. The quantitative estimate of drug-likeness (QED) is 0.742. The first kappa shape index (κ1) is 9.16. The van der Waals surface area contributed by atoms with Crippen LogP contribution in [0.5, 0.6) is 0 Å². The van der Waals surface area contributed by atoms with Crippen molar-refractivity contribution in [1.82, 2.24) is 0 Å². The van der Waals surface area contributed by atoms with E-state index >= 15 is 0 Å². The highest BCUT2D eigenvalue weighted by Gasteiger charge is 2.29. The van der Waals surface area contributed by atoms with Gasteiger partial charge in [0.05, 0.1) is 6.54 Å². The molecule has 3 heteroatoms. The standard InChI is InChI=1S/C9H12FNO/c1-12-9(10,7-11)8-5-3-2-4-6-8/h2-6H,7,11H2,1H3. The molecule has 1 rings (SSSR count). The van der Waals surface area contributed by atoms with Crippen molar-refractivity contribution in [3.05, 3.63) is 35.9 Å². The largest absolute Gasteiger partial charge is 0.345 e. The number of alkyl halides is 1. The first-order valence-electron chi connectivity index (χ1n) is 3.72. The fourth-order valence-electron chi connectivity index (χ4n) is 1.01. The summed E-state index contributed by atoms with van der Waals surface area (Å²) in [5, 5.41) is 0. The Balaban J connectivity index is 2.95. The molecular formula is C9H12FNO. The molecule has 0 aliphatic carbocycles. The number of nitrogens with two attached hydrogens (primary N) is 1. The lowest BCUT2D eigenvalue weighted by molar-refractivity contribution is -0.120. The molecule has 0 bridgehead atoms. The highest BCUT2D eigenvalue weighted by atomic mass is 19.2. The van der Waals surface area contributed by atoms with Gasteiger partial charge in [-0.05, 0) is 0 Å². The van der Waals surface area contributed by atoms with Crippen molar-refractivity contribution in [1.29, 1.82) is 0 Å². The van der Waals surface area contributed by atoms with E-state index in [4.69, 9.17) is 5.73 Å². The van der Waals surface area contributed by atoms with Crippen LogP contribution in [0.15, 0.2) is 30.3 Å². The summed E-state index contributed by atoms with van der Waals surface area (Å²) in [7, 11) is 1.31. The summed E-state index contributed by atoms with van der Waals surface area (Å²) in [6, 6.07) is 8.61. The van der Waals surface area contributed by atoms with Crippen molar-refractivity contribution in [2.24, 2.45) is 5.73 Å². The molecule has 0 radical (unpaired) electrons. The second-order valence-electron chi connectivity index (χ2n) is 2.50. The van der Waals surface area contributed by atoms with Gasteiger partial charge in [0.2, 0.25) is 5.85 Å². The topological polar surface area (TPSA) is 35.2 Å². The Hall–Kier alpha value is -0.930. The maximum absolute atomic E-state index is 13.6. The third kappa shape index (κ3) is 1.62. The van der Waals surface area contributed by atoms with Crippen LogP contribution in [-0.2, 0) is 10.6 Å². The summed E-state index contributed by atoms with van der Waals surface area (Å²) in [6.07, 6.45) is 0. The Morgan fingerprint density at radius 2 is 2.00 bits per heavy atom. The summed E-state index contributed by atoms with van der Waals surface area (Å²) < 4.78 is 18.3. The fraction of sp³-hybridized carbons (Fsp3) is 0.333. The van der Waals surface area contributed by atoms with Crippen molar-refractivity contribution in [2.45, 2.75) is 5.85 Å². The van der Waals surface area contributed by atoms with Crippen LogP contribution in [0.1, 0.15) is 5.56 Å². The molecule has 1 aromatic rings. The Labute approximate surface area is 71.1 Å². The van der Waals surface area contributed by atoms with Gasteiger partial charge in [0.1, 0.15) is 0 Å². The monoisotopic (exact) mass is 169 g/mol. The average Bonchev–Trinajstić information content (AvgIpc) is 2.18. The average molecular weight is 169 g/mol. The lowest BCUT2D eigenvalue weighted by Gasteiger charge is -2.21. The molecule has 1 unspecified atom stereocenters. The number of hydrogen-bond donors (Lipinski definition) is 1. The van der Waals surface area contributed by atoms with Crippen LogP contribution < -0.4 is 5.73 Å². The third-order valence-electron chi connectivity index (χ3n) is 1.79. The molecule has 0 aliphatic rings. The van der Waals surface area contributed by atoms with Gasteiger partial charge in [0.25, 0.3) is 0 Å². The van der Waals surface area contributed by atoms with E-state index < -0.39 is 5.85 Å². The van der Waals surface area contributed by atoms with E-state index in [0.29, 0.717) is 5.56 Å². The first-order valence-corrected chi connectivity index (χ1v) is 3.72. The van der Waals surface area contributed by atoms with Crippen molar-refractivity contribution >= 4 is 0 Å². The SMILES string of the molecule is COC(F)(CN)c1ccccc1. The zero-order chi connectivity index (χ0) is 9.03. The number of hydrogen-bond acceptors (Lipinski definition) is 2. The zero-order valence-electron chi connectivity index (χ0n) is 6.96. The predicted molar refractivity (Wildman–Crippen MR) is 45.3 cm³/mol. The molecule has 1 aromatic carbocycles. The van der Waals surface area contributed by atoms with E-state index in [1.165, 1.54) is 7.11 Å². The highest BCUT2D eigenvalue weighted by molar-refractivity contribution is 5.20. The lowest BCUT2D eigenvalue weighted by atomic mass is 10.1. The molecule has 12 heavy (non-hydrogen) atoms. The molecule has 66 valence electrons. The van der Waals surface area contributed by atoms with Gasteiger partial charge in [0, 0.05) is 12.7 Å². The van der Waals surface area contributed by atoms with Gasteiger partial charge in [-0.25, -0.2) is 4.39 Å². The van der Waals surface area contributed by atoms with Gasteiger partial charge < -0.3 is 10.5 Å². The van der Waals surface area contributed by atoms with Crippen LogP contribution in [0.3, 0.4) is 0 Å². The Morgan fingerprint density at radius 1 is 1.42 bits per heavy atom. The van der Waals surface area contributed by atoms with Crippen molar-refractivity contribution in [3.63, 3.8) is 0 Å². The third-order valence-corrected chi connectivity index (χ3v) is 1.79. The van der Waals surface area contributed by atoms with Crippen molar-refractivity contribution in [3.8, 4) is 0 Å². The Bertz CT molecular complexity index is 234. The van der Waals surface area contributed by atoms with Crippen LogP contribution in [0.25, 0.3) is 0 Å². The Morgan fingerprint density at radius 3 is 2.42 bits per heavy atom. The van der Waals surface area contributed by atoms with Crippen LogP contribution in [0.4, 0.5) is 4.39 Å². The molecule has 0 heterocycles. The van der Waals surface area contributed by atoms with Crippen molar-refractivity contribution < 1.29 is 9.13 Å². The number of ether oxygens (including phenoxy) is 1. The maximum atomic E-state index is 13.6. The van der Waals surface area contributed by atoms with Crippen molar-refractivity contribution in [2.75, 3.05) is 13.7 Å². The molecule has 0 aliphatic heterocycles. The molecule has 1 atom stereocenters. The molecule has 2 N–H and O–H groups in total. The van der Waals surface area contributed by atoms with Gasteiger partial charge in [0.15, 0.2) is 0 Å². The fourth-order valence-corrected chi connectivity index (χ4v) is 1.01. The van der Waals surface area contributed by atoms with E-state index in [0.717, 1.165) is 0 Å². The normalized spacial score (nSPS) is 15.6. The van der Waals surface area contributed by atoms with Gasteiger partial charge in [-0.3, -0.25) is 0 Å². The summed E-state index contributed by atoms with van der Waals surface area (Å²) in [4.78, 5) is 0. The molecule has 2 nitrogen and oxygen atoms in total. The second-order valence-corrected chi connectivity index (χ2v) is 2.50. The minimum atomic E-state index is -1.85. The van der Waals surface area contributed by atoms with Gasteiger partial charge >= 0.3 is 0 Å².